The number of amides is 1. The zero-order valence-corrected chi connectivity index (χ0v) is 16.4. The van der Waals surface area contributed by atoms with E-state index in [-0.39, 0.29) is 23.7 Å². The highest BCUT2D eigenvalue weighted by Crippen LogP contribution is 2.38. The lowest BCUT2D eigenvalue weighted by molar-refractivity contribution is -0.123. The predicted molar refractivity (Wildman–Crippen MR) is 104 cm³/mol. The minimum absolute atomic E-state index is 0.0400. The molecule has 1 amide bonds. The highest BCUT2D eigenvalue weighted by molar-refractivity contribution is 5.96. The summed E-state index contributed by atoms with van der Waals surface area (Å²) in [5.41, 5.74) is 1.20. The van der Waals surface area contributed by atoms with E-state index in [9.17, 15) is 9.18 Å². The molecule has 2 fully saturated rings. The van der Waals surface area contributed by atoms with Gasteiger partial charge in [0.2, 0.25) is 5.91 Å². The number of ether oxygens (including phenoxy) is 2. The molecule has 6 heteroatoms. The molecule has 5 nitrogen and oxygen atoms in total. The standard InChI is InChI=1S/C21H31FN2O3/c1-3-15-12-18(22)19(13-20(15)27-11-5-10-26-2)24(17-7-8-17)21(25)16-6-4-9-23-14-16/h12-13,16-17,23H,3-11,14H2,1-2H3/t16-/m1/s1. The average Bonchev–Trinajstić information content (AvgIpc) is 3.52. The fourth-order valence-electron chi connectivity index (χ4n) is 3.65. The summed E-state index contributed by atoms with van der Waals surface area (Å²) in [6.45, 7) is 4.74. The van der Waals surface area contributed by atoms with Crippen LogP contribution in [-0.2, 0) is 16.0 Å². The number of halogens is 1. The van der Waals surface area contributed by atoms with Gasteiger partial charge in [0.1, 0.15) is 11.6 Å². The summed E-state index contributed by atoms with van der Waals surface area (Å²) in [4.78, 5) is 14.9. The molecule has 0 spiro atoms. The molecule has 27 heavy (non-hydrogen) atoms. The Morgan fingerprint density at radius 3 is 2.74 bits per heavy atom. The van der Waals surface area contributed by atoms with Gasteiger partial charge in [-0.1, -0.05) is 6.92 Å². The van der Waals surface area contributed by atoms with E-state index in [1.54, 1.807) is 18.1 Å². The number of aryl methyl sites for hydroxylation is 1. The van der Waals surface area contributed by atoms with Gasteiger partial charge in [0, 0.05) is 38.8 Å². The van der Waals surface area contributed by atoms with Gasteiger partial charge >= 0.3 is 0 Å². The first-order chi connectivity index (χ1) is 13.2. The largest absolute Gasteiger partial charge is 0.493 e. The Balaban J connectivity index is 1.84. The second-order valence-corrected chi connectivity index (χ2v) is 7.44. The number of hydrogen-bond donors (Lipinski definition) is 1. The Kier molecular flexibility index (Phi) is 7.07. The number of anilines is 1. The summed E-state index contributed by atoms with van der Waals surface area (Å²) in [5, 5.41) is 3.29. The maximum absolute atomic E-state index is 14.9. The van der Waals surface area contributed by atoms with Crippen LogP contribution in [0.3, 0.4) is 0 Å². The topological polar surface area (TPSA) is 50.8 Å². The molecule has 1 aromatic rings. The smallest absolute Gasteiger partial charge is 0.231 e. The van der Waals surface area contributed by atoms with Crippen LogP contribution < -0.4 is 15.0 Å². The number of carbonyl (C=O) groups excluding carboxylic acids is 1. The second kappa shape index (κ2) is 9.51. The summed E-state index contributed by atoms with van der Waals surface area (Å²) < 4.78 is 25.9. The molecular weight excluding hydrogens is 347 g/mol. The monoisotopic (exact) mass is 378 g/mol. The zero-order valence-electron chi connectivity index (χ0n) is 16.4. The fourth-order valence-corrected chi connectivity index (χ4v) is 3.65. The molecule has 0 radical (unpaired) electrons. The molecule has 1 saturated heterocycles. The molecule has 1 saturated carbocycles. The normalized spacial score (nSPS) is 19.7. The first kappa shape index (κ1) is 20.1. The van der Waals surface area contributed by atoms with Crippen molar-refractivity contribution in [2.45, 2.75) is 51.5 Å². The number of benzene rings is 1. The van der Waals surface area contributed by atoms with Crippen molar-refractivity contribution in [3.8, 4) is 5.75 Å². The van der Waals surface area contributed by atoms with E-state index in [1.807, 2.05) is 6.92 Å². The molecule has 1 aliphatic heterocycles. The van der Waals surface area contributed by atoms with Crippen molar-refractivity contribution >= 4 is 11.6 Å². The maximum atomic E-state index is 14.9. The van der Waals surface area contributed by atoms with Gasteiger partial charge in [-0.25, -0.2) is 4.39 Å². The lowest BCUT2D eigenvalue weighted by Gasteiger charge is -2.30. The van der Waals surface area contributed by atoms with Gasteiger partial charge in [0.25, 0.3) is 0 Å². The zero-order chi connectivity index (χ0) is 19.2. The lowest BCUT2D eigenvalue weighted by atomic mass is 9.97. The Morgan fingerprint density at radius 1 is 1.30 bits per heavy atom. The van der Waals surface area contributed by atoms with Crippen LogP contribution in [-0.4, -0.2) is 45.4 Å². The van der Waals surface area contributed by atoms with Crippen LogP contribution in [0, 0.1) is 11.7 Å². The number of hydrogen-bond acceptors (Lipinski definition) is 4. The van der Waals surface area contributed by atoms with Crippen LogP contribution in [0.4, 0.5) is 10.1 Å². The molecule has 2 aliphatic rings. The van der Waals surface area contributed by atoms with E-state index in [0.717, 1.165) is 44.2 Å². The highest BCUT2D eigenvalue weighted by atomic mass is 19.1. The summed E-state index contributed by atoms with van der Waals surface area (Å²) in [5.74, 6) is 0.305. The van der Waals surface area contributed by atoms with E-state index < -0.39 is 0 Å². The molecule has 1 N–H and O–H groups in total. The third-order valence-corrected chi connectivity index (χ3v) is 5.32. The molecule has 3 rings (SSSR count). The van der Waals surface area contributed by atoms with Crippen LogP contribution >= 0.6 is 0 Å². The summed E-state index contributed by atoms with van der Waals surface area (Å²) >= 11 is 0. The first-order valence-electron chi connectivity index (χ1n) is 10.1. The van der Waals surface area contributed by atoms with Crippen molar-refractivity contribution in [1.82, 2.24) is 5.32 Å². The number of piperidine rings is 1. The van der Waals surface area contributed by atoms with Crippen LogP contribution in [0.15, 0.2) is 12.1 Å². The molecule has 1 atom stereocenters. The first-order valence-corrected chi connectivity index (χ1v) is 10.1. The SMILES string of the molecule is CCc1cc(F)c(N(C(=O)[C@@H]2CCCNC2)C2CC2)cc1OCCCOC. The van der Waals surface area contributed by atoms with Crippen molar-refractivity contribution in [1.29, 1.82) is 0 Å². The minimum atomic E-state index is -0.333. The third kappa shape index (κ3) is 4.99. The van der Waals surface area contributed by atoms with Crippen molar-refractivity contribution in [2.75, 3.05) is 38.3 Å². The molecule has 1 aliphatic carbocycles. The molecule has 1 heterocycles. The van der Waals surface area contributed by atoms with Gasteiger partial charge in [-0.15, -0.1) is 0 Å². The minimum Gasteiger partial charge on any atom is -0.493 e. The Labute approximate surface area is 161 Å². The number of nitrogens with one attached hydrogen (secondary N) is 1. The molecule has 0 bridgehead atoms. The molecule has 0 aromatic heterocycles. The Bertz CT molecular complexity index is 643. The van der Waals surface area contributed by atoms with Gasteiger partial charge in [-0.2, -0.15) is 0 Å². The fraction of sp³-hybridized carbons (Fsp3) is 0.667. The van der Waals surface area contributed by atoms with Gasteiger partial charge in [-0.05, 0) is 50.3 Å². The number of nitrogens with zero attached hydrogens (tertiary/aromatic N) is 1. The van der Waals surface area contributed by atoms with E-state index in [4.69, 9.17) is 9.47 Å². The quantitative estimate of drug-likeness (QED) is 0.670. The van der Waals surface area contributed by atoms with E-state index in [0.29, 0.717) is 37.6 Å². The van der Waals surface area contributed by atoms with Crippen LogP contribution in [0.25, 0.3) is 0 Å². The van der Waals surface area contributed by atoms with Crippen molar-refractivity contribution in [3.63, 3.8) is 0 Å². The van der Waals surface area contributed by atoms with Crippen LogP contribution in [0.2, 0.25) is 0 Å². The predicted octanol–water partition coefficient (Wildman–Crippen LogP) is 3.30. The van der Waals surface area contributed by atoms with Crippen molar-refractivity contribution < 1.29 is 18.7 Å². The Hall–Kier alpha value is -1.66. The molecule has 0 unspecified atom stereocenters. The van der Waals surface area contributed by atoms with E-state index in [2.05, 4.69) is 5.32 Å². The number of rotatable bonds is 9. The lowest BCUT2D eigenvalue weighted by Crippen LogP contribution is -2.44. The average molecular weight is 378 g/mol. The Morgan fingerprint density at radius 2 is 2.11 bits per heavy atom. The van der Waals surface area contributed by atoms with Gasteiger partial charge < -0.3 is 19.7 Å². The summed E-state index contributed by atoms with van der Waals surface area (Å²) in [6, 6.07) is 3.37. The molecule has 1 aromatic carbocycles. The maximum Gasteiger partial charge on any atom is 0.231 e. The second-order valence-electron chi connectivity index (χ2n) is 7.44. The van der Waals surface area contributed by atoms with Crippen molar-refractivity contribution in [2.24, 2.45) is 5.92 Å². The number of carbonyl (C=O) groups is 1. The third-order valence-electron chi connectivity index (χ3n) is 5.32. The highest BCUT2D eigenvalue weighted by Gasteiger charge is 2.38. The van der Waals surface area contributed by atoms with Crippen LogP contribution in [0.5, 0.6) is 5.75 Å². The van der Waals surface area contributed by atoms with Gasteiger partial charge in [-0.3, -0.25) is 4.79 Å². The van der Waals surface area contributed by atoms with Crippen LogP contribution in [0.1, 0.15) is 44.6 Å². The summed E-state index contributed by atoms with van der Waals surface area (Å²) in [6.07, 6.45) is 5.17. The van der Waals surface area contributed by atoms with E-state index >= 15 is 0 Å². The summed E-state index contributed by atoms with van der Waals surface area (Å²) in [7, 11) is 1.66. The van der Waals surface area contributed by atoms with E-state index in [1.165, 1.54) is 6.07 Å². The van der Waals surface area contributed by atoms with Gasteiger partial charge in [0.05, 0.1) is 18.2 Å². The van der Waals surface area contributed by atoms with Crippen molar-refractivity contribution in [3.05, 3.63) is 23.5 Å². The molecular formula is C21H31FN2O3. The molecule has 150 valence electrons. The van der Waals surface area contributed by atoms with Gasteiger partial charge in [0.15, 0.2) is 0 Å². The number of methoxy groups -OCH3 is 1.